The molecule has 1 saturated heterocycles. The molecule has 0 bridgehead atoms. The van der Waals surface area contributed by atoms with E-state index in [4.69, 9.17) is 16.3 Å². The van der Waals surface area contributed by atoms with Gasteiger partial charge in [-0.05, 0) is 39.8 Å². The minimum atomic E-state index is -0.970. The summed E-state index contributed by atoms with van der Waals surface area (Å²) < 4.78 is 5.66. The Bertz CT molecular complexity index is 699. The number of hydrogen-bond donors (Lipinski definition) is 0. The lowest BCUT2D eigenvalue weighted by atomic mass is 9.95. The quantitative estimate of drug-likeness (QED) is 0.607. The van der Waals surface area contributed by atoms with Crippen molar-refractivity contribution in [2.24, 2.45) is 0 Å². The fourth-order valence-corrected chi connectivity index (χ4v) is 3.23. The Balaban J connectivity index is 2.60. The van der Waals surface area contributed by atoms with Crippen LogP contribution in [0, 0.1) is 11.8 Å². The Morgan fingerprint density at radius 2 is 1.71 bits per heavy atom. The van der Waals surface area contributed by atoms with E-state index in [1.54, 1.807) is 19.1 Å². The molecule has 0 saturated carbocycles. The summed E-state index contributed by atoms with van der Waals surface area (Å²) in [7, 11) is 0. The van der Waals surface area contributed by atoms with Gasteiger partial charge in [0.05, 0.1) is 11.6 Å². The van der Waals surface area contributed by atoms with Gasteiger partial charge in [0.15, 0.2) is 5.92 Å². The van der Waals surface area contributed by atoms with Crippen molar-refractivity contribution < 1.29 is 14.3 Å². The van der Waals surface area contributed by atoms with Crippen LogP contribution in [-0.2, 0) is 9.59 Å². The molecule has 0 atom stereocenters. The van der Waals surface area contributed by atoms with Crippen LogP contribution in [0.3, 0.4) is 0 Å². The summed E-state index contributed by atoms with van der Waals surface area (Å²) in [5.74, 6) is 4.64. The summed E-state index contributed by atoms with van der Waals surface area (Å²) in [6, 6.07) is 3.40. The first-order chi connectivity index (χ1) is 11.5. The van der Waals surface area contributed by atoms with E-state index in [9.17, 15) is 9.59 Å². The molecule has 0 spiro atoms. The number of carbonyl (C=O) groups is 2. The molecule has 2 amide bonds. The minimum Gasteiger partial charge on any atom is -0.493 e. The van der Waals surface area contributed by atoms with Crippen LogP contribution in [0.25, 0.3) is 0 Å². The molecule has 1 aromatic rings. The number of benzene rings is 1. The standard InChI is InChI=1S/C18H21ClN2O3/c1-5-9-12-10-13(19)15(14(11-12)24-8-4)16-17(22)20(6-2)21(7-3)18(16)23/h10-11,16H,6-8H2,1-4H3. The van der Waals surface area contributed by atoms with Gasteiger partial charge in [0.2, 0.25) is 0 Å². The number of amides is 2. The molecule has 2 rings (SSSR count). The number of halogens is 1. The molecule has 24 heavy (non-hydrogen) atoms. The van der Waals surface area contributed by atoms with Crippen molar-refractivity contribution in [2.45, 2.75) is 33.6 Å². The largest absolute Gasteiger partial charge is 0.493 e. The summed E-state index contributed by atoms with van der Waals surface area (Å²) in [4.78, 5) is 25.5. The SMILES string of the molecule is CC#Cc1cc(Cl)c(C2C(=O)N(CC)N(CC)C2=O)c(OCC)c1. The Hall–Kier alpha value is -2.19. The third kappa shape index (κ3) is 3.07. The van der Waals surface area contributed by atoms with Gasteiger partial charge in [-0.15, -0.1) is 5.92 Å². The highest BCUT2D eigenvalue weighted by Crippen LogP contribution is 2.40. The maximum atomic E-state index is 12.8. The van der Waals surface area contributed by atoms with Crippen molar-refractivity contribution >= 4 is 23.4 Å². The van der Waals surface area contributed by atoms with E-state index in [-0.39, 0.29) is 11.8 Å². The number of likely N-dealkylation sites (N-methyl/N-ethyl adjacent to an activating group) is 2. The molecule has 0 N–H and O–H groups in total. The van der Waals surface area contributed by atoms with E-state index in [1.165, 1.54) is 10.0 Å². The van der Waals surface area contributed by atoms with E-state index in [0.717, 1.165) is 0 Å². The smallest absolute Gasteiger partial charge is 0.258 e. The predicted octanol–water partition coefficient (Wildman–Crippen LogP) is 2.82. The van der Waals surface area contributed by atoms with E-state index >= 15 is 0 Å². The summed E-state index contributed by atoms with van der Waals surface area (Å²) in [6.07, 6.45) is 0. The lowest BCUT2D eigenvalue weighted by Crippen LogP contribution is -2.40. The van der Waals surface area contributed by atoms with Crippen LogP contribution in [0.1, 0.15) is 44.7 Å². The van der Waals surface area contributed by atoms with Gasteiger partial charge < -0.3 is 4.74 Å². The zero-order valence-electron chi connectivity index (χ0n) is 14.4. The highest BCUT2D eigenvalue weighted by Gasteiger charge is 2.47. The van der Waals surface area contributed by atoms with Gasteiger partial charge in [-0.1, -0.05) is 17.5 Å². The van der Waals surface area contributed by atoms with Crippen LogP contribution in [-0.4, -0.2) is 41.5 Å². The number of ether oxygens (including phenoxy) is 1. The van der Waals surface area contributed by atoms with Gasteiger partial charge in [-0.25, -0.2) is 0 Å². The number of hydrazine groups is 1. The summed E-state index contributed by atoms with van der Waals surface area (Å²) >= 11 is 6.41. The molecule has 128 valence electrons. The van der Waals surface area contributed by atoms with E-state index < -0.39 is 5.92 Å². The summed E-state index contributed by atoms with van der Waals surface area (Å²) in [5, 5.41) is 3.23. The van der Waals surface area contributed by atoms with Crippen molar-refractivity contribution in [1.82, 2.24) is 10.0 Å². The molecule has 1 aliphatic rings. The molecule has 0 unspecified atom stereocenters. The summed E-state index contributed by atoms with van der Waals surface area (Å²) in [6.45, 7) is 8.49. The Morgan fingerprint density at radius 1 is 1.12 bits per heavy atom. The monoisotopic (exact) mass is 348 g/mol. The molecular weight excluding hydrogens is 328 g/mol. The molecular formula is C18H21ClN2O3. The number of nitrogens with zero attached hydrogens (tertiary/aromatic N) is 2. The van der Waals surface area contributed by atoms with Gasteiger partial charge in [0, 0.05) is 24.2 Å². The lowest BCUT2D eigenvalue weighted by molar-refractivity contribution is -0.145. The normalized spacial score (nSPS) is 14.9. The second kappa shape index (κ2) is 7.59. The second-order valence-electron chi connectivity index (χ2n) is 5.22. The number of rotatable bonds is 5. The molecule has 0 radical (unpaired) electrons. The van der Waals surface area contributed by atoms with Crippen LogP contribution < -0.4 is 4.74 Å². The molecule has 6 heteroatoms. The van der Waals surface area contributed by atoms with Crippen molar-refractivity contribution in [1.29, 1.82) is 0 Å². The second-order valence-corrected chi connectivity index (χ2v) is 5.63. The average molecular weight is 349 g/mol. The first-order valence-corrected chi connectivity index (χ1v) is 8.39. The first-order valence-electron chi connectivity index (χ1n) is 8.01. The highest BCUT2D eigenvalue weighted by molar-refractivity contribution is 6.32. The van der Waals surface area contributed by atoms with Crippen LogP contribution in [0.5, 0.6) is 5.75 Å². The van der Waals surface area contributed by atoms with Crippen molar-refractivity contribution in [3.8, 4) is 17.6 Å². The van der Waals surface area contributed by atoms with Crippen molar-refractivity contribution in [3.63, 3.8) is 0 Å². The summed E-state index contributed by atoms with van der Waals surface area (Å²) in [5.41, 5.74) is 1.11. The zero-order valence-corrected chi connectivity index (χ0v) is 15.1. The van der Waals surface area contributed by atoms with E-state index in [2.05, 4.69) is 11.8 Å². The Morgan fingerprint density at radius 3 is 2.17 bits per heavy atom. The average Bonchev–Trinajstić information content (AvgIpc) is 2.78. The van der Waals surface area contributed by atoms with Crippen LogP contribution in [0.4, 0.5) is 0 Å². The molecule has 1 aromatic carbocycles. The minimum absolute atomic E-state index is 0.276. The Labute approximate surface area is 147 Å². The van der Waals surface area contributed by atoms with Gasteiger partial charge in [0.25, 0.3) is 11.8 Å². The Kier molecular flexibility index (Phi) is 5.74. The van der Waals surface area contributed by atoms with Crippen molar-refractivity contribution in [2.75, 3.05) is 19.7 Å². The maximum Gasteiger partial charge on any atom is 0.258 e. The third-order valence-corrected chi connectivity index (χ3v) is 4.16. The van der Waals surface area contributed by atoms with Gasteiger partial charge in [-0.3, -0.25) is 19.6 Å². The molecule has 0 aromatic heterocycles. The van der Waals surface area contributed by atoms with E-state index in [0.29, 0.717) is 41.6 Å². The topological polar surface area (TPSA) is 49.9 Å². The van der Waals surface area contributed by atoms with Crippen molar-refractivity contribution in [3.05, 3.63) is 28.3 Å². The molecule has 5 nitrogen and oxygen atoms in total. The first kappa shape index (κ1) is 18.2. The molecule has 1 heterocycles. The molecule has 1 fully saturated rings. The fraction of sp³-hybridized carbons (Fsp3) is 0.444. The maximum absolute atomic E-state index is 12.8. The van der Waals surface area contributed by atoms with Crippen LogP contribution >= 0.6 is 11.6 Å². The van der Waals surface area contributed by atoms with Gasteiger partial charge >= 0.3 is 0 Å². The van der Waals surface area contributed by atoms with Crippen LogP contribution in [0.15, 0.2) is 12.1 Å². The zero-order chi connectivity index (χ0) is 17.9. The predicted molar refractivity (Wildman–Crippen MR) is 92.7 cm³/mol. The molecule has 0 aliphatic carbocycles. The number of hydrogen-bond acceptors (Lipinski definition) is 3. The van der Waals surface area contributed by atoms with Gasteiger partial charge in [0.1, 0.15) is 5.75 Å². The highest BCUT2D eigenvalue weighted by atomic mass is 35.5. The van der Waals surface area contributed by atoms with Gasteiger partial charge in [-0.2, -0.15) is 0 Å². The fourth-order valence-electron chi connectivity index (χ4n) is 2.91. The van der Waals surface area contributed by atoms with E-state index in [1.807, 2.05) is 20.8 Å². The number of carbonyl (C=O) groups excluding carboxylic acids is 2. The third-order valence-electron chi connectivity index (χ3n) is 3.84. The van der Waals surface area contributed by atoms with Crippen LogP contribution in [0.2, 0.25) is 5.02 Å². The molecule has 1 aliphatic heterocycles. The lowest BCUT2D eigenvalue weighted by Gasteiger charge is -2.24.